The quantitative estimate of drug-likeness (QED) is 0.527. The molecule has 0 aliphatic heterocycles. The highest BCUT2D eigenvalue weighted by atomic mass is 16.5. The molecule has 0 bridgehead atoms. The average Bonchev–Trinajstić information content (AvgIpc) is 2.25. The molecular weight excluding hydrogens is 100 g/mol. The summed E-state index contributed by atoms with van der Waals surface area (Å²) in [4.78, 5) is 0. The molecule has 0 heterocycles. The first-order valence-corrected chi connectivity index (χ1v) is 2.80. The van der Waals surface area contributed by atoms with E-state index in [1.807, 2.05) is 13.8 Å². The lowest BCUT2D eigenvalue weighted by Crippen LogP contribution is -1.78. The first-order valence-electron chi connectivity index (χ1n) is 2.80. The molecule has 0 unspecified atom stereocenters. The van der Waals surface area contributed by atoms with Gasteiger partial charge in [-0.15, -0.1) is 0 Å². The highest BCUT2D eigenvalue weighted by Gasteiger charge is 2.23. The lowest BCUT2D eigenvalue weighted by molar-refractivity contribution is 0.252. The van der Waals surface area contributed by atoms with E-state index in [1.54, 1.807) is 0 Å². The van der Waals surface area contributed by atoms with Gasteiger partial charge >= 0.3 is 0 Å². The molecule has 1 heteroatoms. The van der Waals surface area contributed by atoms with E-state index in [4.69, 9.17) is 4.74 Å². The van der Waals surface area contributed by atoms with Crippen molar-refractivity contribution < 1.29 is 4.74 Å². The van der Waals surface area contributed by atoms with E-state index in [9.17, 15) is 0 Å². The molecule has 0 saturated carbocycles. The van der Waals surface area contributed by atoms with Crippen LogP contribution in [0.25, 0.3) is 0 Å². The van der Waals surface area contributed by atoms with Crippen LogP contribution in [0.15, 0.2) is 23.5 Å². The van der Waals surface area contributed by atoms with Crippen molar-refractivity contribution in [3.63, 3.8) is 0 Å². The van der Waals surface area contributed by atoms with E-state index in [2.05, 4.69) is 6.58 Å². The third kappa shape index (κ3) is 0.641. The minimum Gasteiger partial charge on any atom is -0.493 e. The van der Waals surface area contributed by atoms with E-state index >= 15 is 0 Å². The molecule has 0 spiro atoms. The van der Waals surface area contributed by atoms with Gasteiger partial charge in [-0.2, -0.15) is 0 Å². The second-order valence-corrected chi connectivity index (χ2v) is 1.87. The first kappa shape index (κ1) is 5.42. The van der Waals surface area contributed by atoms with E-state index in [-0.39, 0.29) is 0 Å². The fourth-order valence-corrected chi connectivity index (χ4v) is 0.647. The number of hydrogen-bond acceptors (Lipinski definition) is 1. The smallest absolute Gasteiger partial charge is 0.129 e. The van der Waals surface area contributed by atoms with Crippen LogP contribution in [0.4, 0.5) is 0 Å². The highest BCUT2D eigenvalue weighted by Crippen LogP contribution is 2.36. The van der Waals surface area contributed by atoms with Crippen molar-refractivity contribution in [1.82, 2.24) is 0 Å². The van der Waals surface area contributed by atoms with Crippen molar-refractivity contribution in [3.05, 3.63) is 23.5 Å². The molecule has 0 aromatic rings. The molecule has 0 N–H and O–H groups in total. The van der Waals surface area contributed by atoms with Gasteiger partial charge in [-0.25, -0.2) is 0 Å². The van der Waals surface area contributed by atoms with Crippen molar-refractivity contribution in [2.24, 2.45) is 0 Å². The molecule has 0 aromatic carbocycles. The second kappa shape index (κ2) is 1.66. The van der Waals surface area contributed by atoms with Gasteiger partial charge in [0.15, 0.2) is 0 Å². The molecule has 1 nitrogen and oxygen atoms in total. The summed E-state index contributed by atoms with van der Waals surface area (Å²) in [5.41, 5.74) is 2.32. The van der Waals surface area contributed by atoms with Gasteiger partial charge in [-0.05, 0) is 13.8 Å². The van der Waals surface area contributed by atoms with E-state index in [0.29, 0.717) is 0 Å². The van der Waals surface area contributed by atoms with Gasteiger partial charge in [0.2, 0.25) is 0 Å². The van der Waals surface area contributed by atoms with Gasteiger partial charge in [0.25, 0.3) is 0 Å². The van der Waals surface area contributed by atoms with Gasteiger partial charge in [0.1, 0.15) is 5.76 Å². The van der Waals surface area contributed by atoms with Crippen LogP contribution in [0.3, 0.4) is 0 Å². The molecular formula is C7H10O. The molecule has 0 fully saturated rings. The van der Waals surface area contributed by atoms with Gasteiger partial charge in [-0.3, -0.25) is 0 Å². The normalized spacial score (nSPS) is 17.0. The van der Waals surface area contributed by atoms with Gasteiger partial charge in [-0.1, -0.05) is 6.58 Å². The Morgan fingerprint density at radius 2 is 2.12 bits per heavy atom. The summed E-state index contributed by atoms with van der Waals surface area (Å²) in [6.45, 7) is 8.50. The van der Waals surface area contributed by atoms with Crippen molar-refractivity contribution >= 4 is 0 Å². The summed E-state index contributed by atoms with van der Waals surface area (Å²) in [7, 11) is 0. The van der Waals surface area contributed by atoms with Crippen LogP contribution in [0, 0.1) is 0 Å². The predicted octanol–water partition coefficient (Wildman–Crippen LogP) is 1.87. The zero-order valence-corrected chi connectivity index (χ0v) is 5.32. The minimum atomic E-state index is 0.756. The molecule has 1 rings (SSSR count). The summed E-state index contributed by atoms with van der Waals surface area (Å²) in [5, 5.41) is 0. The third-order valence-electron chi connectivity index (χ3n) is 1.29. The SMILES string of the molecule is C=C1C(C)=C1OCC. The number of rotatable bonds is 2. The van der Waals surface area contributed by atoms with Crippen LogP contribution in [0.5, 0.6) is 0 Å². The Bertz CT molecular complexity index is 154. The Morgan fingerprint density at radius 1 is 1.62 bits per heavy atom. The molecule has 1 aliphatic rings. The van der Waals surface area contributed by atoms with E-state index in [1.165, 1.54) is 5.57 Å². The Labute approximate surface area is 49.7 Å². The van der Waals surface area contributed by atoms with Crippen LogP contribution in [0.2, 0.25) is 0 Å². The molecule has 0 saturated heterocycles. The third-order valence-corrected chi connectivity index (χ3v) is 1.29. The van der Waals surface area contributed by atoms with Crippen LogP contribution < -0.4 is 0 Å². The Kier molecular flexibility index (Phi) is 1.12. The monoisotopic (exact) mass is 110 g/mol. The number of hydrogen-bond donors (Lipinski definition) is 0. The fourth-order valence-electron chi connectivity index (χ4n) is 0.647. The topological polar surface area (TPSA) is 9.23 Å². The van der Waals surface area contributed by atoms with Crippen LogP contribution in [-0.2, 0) is 4.74 Å². The maximum absolute atomic E-state index is 5.16. The zero-order valence-electron chi connectivity index (χ0n) is 5.32. The average molecular weight is 110 g/mol. The first-order chi connectivity index (χ1) is 3.77. The van der Waals surface area contributed by atoms with Crippen LogP contribution in [0.1, 0.15) is 13.8 Å². The summed E-state index contributed by atoms with van der Waals surface area (Å²) in [6, 6.07) is 0. The summed E-state index contributed by atoms with van der Waals surface area (Å²) in [5.74, 6) is 1.02. The van der Waals surface area contributed by atoms with Crippen LogP contribution >= 0.6 is 0 Å². The number of allylic oxidation sites excluding steroid dienone is 2. The molecule has 44 valence electrons. The maximum Gasteiger partial charge on any atom is 0.129 e. The summed E-state index contributed by atoms with van der Waals surface area (Å²) in [6.07, 6.45) is 0. The van der Waals surface area contributed by atoms with Crippen molar-refractivity contribution in [3.8, 4) is 0 Å². The minimum absolute atomic E-state index is 0.756. The van der Waals surface area contributed by atoms with Crippen molar-refractivity contribution in [2.45, 2.75) is 13.8 Å². The van der Waals surface area contributed by atoms with Gasteiger partial charge < -0.3 is 4.74 Å². The summed E-state index contributed by atoms with van der Waals surface area (Å²) < 4.78 is 5.16. The van der Waals surface area contributed by atoms with Gasteiger partial charge in [0.05, 0.1) is 6.61 Å². The zero-order chi connectivity index (χ0) is 6.15. The van der Waals surface area contributed by atoms with E-state index in [0.717, 1.165) is 17.9 Å². The van der Waals surface area contributed by atoms with Crippen LogP contribution in [-0.4, -0.2) is 6.61 Å². The second-order valence-electron chi connectivity index (χ2n) is 1.87. The molecule has 0 atom stereocenters. The standard InChI is InChI=1S/C7H10O/c1-4-8-7-5(2)6(7)3/h2,4H2,1,3H3. The molecule has 0 radical (unpaired) electrons. The lowest BCUT2D eigenvalue weighted by Gasteiger charge is -1.90. The largest absolute Gasteiger partial charge is 0.493 e. The van der Waals surface area contributed by atoms with Crippen molar-refractivity contribution in [2.75, 3.05) is 6.61 Å². The van der Waals surface area contributed by atoms with E-state index < -0.39 is 0 Å². The molecule has 0 aromatic heterocycles. The number of ether oxygens (including phenoxy) is 1. The van der Waals surface area contributed by atoms with Gasteiger partial charge in [0, 0.05) is 11.1 Å². The Morgan fingerprint density at radius 3 is 2.25 bits per heavy atom. The maximum atomic E-state index is 5.16. The Hall–Kier alpha value is -0.720. The lowest BCUT2D eigenvalue weighted by atomic mass is 10.5. The predicted molar refractivity (Wildman–Crippen MR) is 33.5 cm³/mol. The fraction of sp³-hybridized carbons (Fsp3) is 0.429. The van der Waals surface area contributed by atoms with Crippen molar-refractivity contribution in [1.29, 1.82) is 0 Å². The summed E-state index contributed by atoms with van der Waals surface area (Å²) >= 11 is 0. The molecule has 0 amide bonds. The highest BCUT2D eigenvalue weighted by molar-refractivity contribution is 5.59. The Balaban J connectivity index is 2.41. The molecule has 1 aliphatic carbocycles. The molecule has 8 heavy (non-hydrogen) atoms.